The number of rotatable bonds is 2. The molecule has 2 aliphatic rings. The van der Waals surface area contributed by atoms with Gasteiger partial charge in [-0.3, -0.25) is 4.57 Å². The summed E-state index contributed by atoms with van der Waals surface area (Å²) >= 11 is 3.76. The number of hydrogen-bond acceptors (Lipinski definition) is 4. The van der Waals surface area contributed by atoms with E-state index in [1.807, 2.05) is 23.1 Å². The Morgan fingerprint density at radius 1 is 0.547 bits per heavy atom. The predicted molar refractivity (Wildman–Crippen MR) is 227 cm³/mol. The summed E-state index contributed by atoms with van der Waals surface area (Å²) in [5, 5.41) is 14.2. The van der Waals surface area contributed by atoms with E-state index >= 15 is 0 Å². The largest absolute Gasteiger partial charge is 0.344 e. The van der Waals surface area contributed by atoms with Gasteiger partial charge in [-0.15, -0.1) is 11.3 Å². The van der Waals surface area contributed by atoms with Crippen LogP contribution in [-0.4, -0.2) is 10.5 Å². The van der Waals surface area contributed by atoms with E-state index in [2.05, 4.69) is 174 Å². The molecule has 8 aromatic carbocycles. The van der Waals surface area contributed by atoms with Crippen LogP contribution in [0.5, 0.6) is 0 Å². The first-order valence-corrected chi connectivity index (χ1v) is 19.6. The van der Waals surface area contributed by atoms with Crippen LogP contribution in [0.3, 0.4) is 0 Å². The molecule has 5 heteroatoms. The predicted octanol–water partition coefficient (Wildman–Crippen LogP) is 13.2. The lowest BCUT2D eigenvalue weighted by atomic mass is 9.98. The molecular formula is C48H29N3S2. The van der Waals surface area contributed by atoms with Gasteiger partial charge in [-0.25, -0.2) is 4.99 Å². The fraction of sp³-hybridized carbons (Fsp3) is 0.0208. The first-order valence-electron chi connectivity index (χ1n) is 18.0. The van der Waals surface area contributed by atoms with Gasteiger partial charge in [0.15, 0.2) is 0 Å². The molecule has 4 heterocycles. The fourth-order valence-corrected chi connectivity index (χ4v) is 11.3. The molecule has 0 amide bonds. The molecule has 0 fully saturated rings. The van der Waals surface area contributed by atoms with Crippen molar-refractivity contribution in [3.8, 4) is 11.1 Å². The standard InChI is InChI=1S/C48H29N3S2/c1-3-13-28(14-4-1)31-24-26-38-37(27-31)40-33-19-9-10-20-34(33)46-41(35-21-11-12-22-39(35)52-46)44(40)51(38)48-49-42(30-16-5-2-6-17-30)47-43(50-48)36-25-23-29-15-7-8-18-32(29)45(36)53-47/h1-27,43H,(H,49,50). The summed E-state index contributed by atoms with van der Waals surface area (Å²) in [5.41, 5.74) is 8.20. The Kier molecular flexibility index (Phi) is 6.21. The van der Waals surface area contributed by atoms with E-state index in [0.717, 1.165) is 22.7 Å². The Hall–Kier alpha value is -6.14. The Labute approximate surface area is 313 Å². The van der Waals surface area contributed by atoms with Crippen molar-refractivity contribution in [2.24, 2.45) is 4.99 Å². The number of aromatic nitrogens is 1. The zero-order valence-electron chi connectivity index (χ0n) is 28.4. The van der Waals surface area contributed by atoms with Crippen LogP contribution in [0.25, 0.3) is 80.3 Å². The van der Waals surface area contributed by atoms with E-state index in [1.54, 1.807) is 0 Å². The summed E-state index contributed by atoms with van der Waals surface area (Å²) in [7, 11) is 0. The summed E-state index contributed by atoms with van der Waals surface area (Å²) in [6.07, 6.45) is 0. The summed E-state index contributed by atoms with van der Waals surface area (Å²) in [5.74, 6) is 0.846. The molecule has 2 aliphatic heterocycles. The monoisotopic (exact) mass is 711 g/mol. The third kappa shape index (κ3) is 4.20. The second kappa shape index (κ2) is 11.2. The molecule has 0 saturated heterocycles. The molecule has 0 bridgehead atoms. The van der Waals surface area contributed by atoms with E-state index in [0.29, 0.717) is 0 Å². The second-order valence-electron chi connectivity index (χ2n) is 13.9. The highest BCUT2D eigenvalue weighted by Gasteiger charge is 2.37. The van der Waals surface area contributed by atoms with Gasteiger partial charge < -0.3 is 5.32 Å². The lowest BCUT2D eigenvalue weighted by Gasteiger charge is -2.26. The molecule has 248 valence electrons. The van der Waals surface area contributed by atoms with E-state index < -0.39 is 0 Å². The maximum absolute atomic E-state index is 5.66. The van der Waals surface area contributed by atoms with Gasteiger partial charge in [-0.2, -0.15) is 0 Å². The fourth-order valence-electron chi connectivity index (χ4n) is 8.68. The third-order valence-electron chi connectivity index (χ3n) is 11.0. The first-order chi connectivity index (χ1) is 26.3. The van der Waals surface area contributed by atoms with Crippen molar-refractivity contribution in [3.05, 3.63) is 180 Å². The zero-order valence-corrected chi connectivity index (χ0v) is 30.0. The number of hydrogen-bond donors (Lipinski definition) is 1. The lowest BCUT2D eigenvalue weighted by Crippen LogP contribution is -2.36. The minimum atomic E-state index is -0.0337. The summed E-state index contributed by atoms with van der Waals surface area (Å²) in [4.78, 5) is 8.22. The van der Waals surface area contributed by atoms with Gasteiger partial charge >= 0.3 is 0 Å². The number of thiophene rings is 1. The van der Waals surface area contributed by atoms with E-state index in [9.17, 15) is 0 Å². The second-order valence-corrected chi connectivity index (χ2v) is 16.0. The molecule has 2 aromatic heterocycles. The molecule has 1 atom stereocenters. The molecule has 0 radical (unpaired) electrons. The van der Waals surface area contributed by atoms with Crippen molar-refractivity contribution in [2.75, 3.05) is 0 Å². The van der Waals surface area contributed by atoms with Crippen molar-refractivity contribution in [3.63, 3.8) is 0 Å². The molecule has 53 heavy (non-hydrogen) atoms. The van der Waals surface area contributed by atoms with Crippen molar-refractivity contribution < 1.29 is 0 Å². The quantitative estimate of drug-likeness (QED) is 0.193. The number of fused-ring (bicyclic) bond motifs is 15. The van der Waals surface area contributed by atoms with Crippen LogP contribution in [0, 0.1) is 0 Å². The van der Waals surface area contributed by atoms with Crippen molar-refractivity contribution in [1.82, 2.24) is 9.88 Å². The molecule has 3 nitrogen and oxygen atoms in total. The van der Waals surface area contributed by atoms with E-state index in [1.165, 1.54) is 84.5 Å². The number of benzene rings is 8. The lowest BCUT2D eigenvalue weighted by molar-refractivity contribution is 0.750. The van der Waals surface area contributed by atoms with Gasteiger partial charge in [-0.1, -0.05) is 157 Å². The van der Waals surface area contributed by atoms with Crippen molar-refractivity contribution >= 4 is 98.3 Å². The average Bonchev–Trinajstić information content (AvgIpc) is 3.91. The Balaban J connectivity index is 1.22. The van der Waals surface area contributed by atoms with Crippen molar-refractivity contribution in [2.45, 2.75) is 10.9 Å². The minimum Gasteiger partial charge on any atom is -0.344 e. The maximum Gasteiger partial charge on any atom is 0.209 e. The van der Waals surface area contributed by atoms with Crippen LogP contribution in [0.1, 0.15) is 17.2 Å². The van der Waals surface area contributed by atoms with Crippen LogP contribution < -0.4 is 5.32 Å². The number of nitrogens with one attached hydrogen (secondary N) is 1. The van der Waals surface area contributed by atoms with Gasteiger partial charge in [0.05, 0.1) is 22.8 Å². The van der Waals surface area contributed by atoms with Crippen LogP contribution >= 0.6 is 23.1 Å². The van der Waals surface area contributed by atoms with Gasteiger partial charge in [0.2, 0.25) is 5.96 Å². The minimum absolute atomic E-state index is 0.0337. The summed E-state index contributed by atoms with van der Waals surface area (Å²) in [6, 6.07) is 59.6. The van der Waals surface area contributed by atoms with Crippen molar-refractivity contribution in [1.29, 1.82) is 0 Å². The Morgan fingerprint density at radius 2 is 1.25 bits per heavy atom. The van der Waals surface area contributed by atoms with Crippen LogP contribution in [0.15, 0.2) is 179 Å². The molecular weight excluding hydrogens is 683 g/mol. The van der Waals surface area contributed by atoms with Gasteiger partial charge in [0.25, 0.3) is 0 Å². The van der Waals surface area contributed by atoms with Crippen LogP contribution in [0.2, 0.25) is 0 Å². The maximum atomic E-state index is 5.66. The van der Waals surface area contributed by atoms with Gasteiger partial charge in [0.1, 0.15) is 0 Å². The number of thioether (sulfide) groups is 1. The molecule has 12 rings (SSSR count). The van der Waals surface area contributed by atoms with Gasteiger partial charge in [-0.05, 0) is 51.0 Å². The summed E-state index contributed by atoms with van der Waals surface area (Å²) < 4.78 is 5.04. The molecule has 0 spiro atoms. The molecule has 10 aromatic rings. The SMILES string of the molecule is c1ccc(C2=C3Sc4c(ccc5ccccc45)C3NC(n3c4ccc(-c5ccccc5)cc4c4c5ccccc5c5sc6ccccc6c5c43)=N2)cc1. The summed E-state index contributed by atoms with van der Waals surface area (Å²) in [6.45, 7) is 0. The molecule has 1 unspecified atom stereocenters. The number of nitrogens with zero attached hydrogens (tertiary/aromatic N) is 2. The Morgan fingerprint density at radius 3 is 2.08 bits per heavy atom. The van der Waals surface area contributed by atoms with Gasteiger partial charge in [0, 0.05) is 51.7 Å². The smallest absolute Gasteiger partial charge is 0.209 e. The third-order valence-corrected chi connectivity index (χ3v) is 13.5. The highest BCUT2D eigenvalue weighted by atomic mass is 32.2. The first kappa shape index (κ1) is 29.4. The normalized spacial score (nSPS) is 15.5. The van der Waals surface area contributed by atoms with Crippen LogP contribution in [-0.2, 0) is 0 Å². The highest BCUT2D eigenvalue weighted by Crippen LogP contribution is 2.55. The number of aliphatic imine (C=N–C) groups is 1. The topological polar surface area (TPSA) is 29.3 Å². The van der Waals surface area contributed by atoms with E-state index in [4.69, 9.17) is 4.99 Å². The average molecular weight is 712 g/mol. The van der Waals surface area contributed by atoms with E-state index in [-0.39, 0.29) is 6.04 Å². The zero-order chi connectivity index (χ0) is 34.6. The highest BCUT2D eigenvalue weighted by molar-refractivity contribution is 8.04. The van der Waals surface area contributed by atoms with Crippen LogP contribution in [0.4, 0.5) is 0 Å². The molecule has 0 aliphatic carbocycles. The molecule has 1 N–H and O–H groups in total. The molecule has 0 saturated carbocycles. The Bertz CT molecular complexity index is 3220.